The van der Waals surface area contributed by atoms with Crippen LogP contribution in [0.25, 0.3) is 0 Å². The van der Waals surface area contributed by atoms with Crippen LogP contribution < -0.4 is 4.74 Å². The lowest BCUT2D eigenvalue weighted by Gasteiger charge is -2.38. The molecule has 0 fully saturated rings. The molecular formula is C21H16Cl2N2O2. The summed E-state index contributed by atoms with van der Waals surface area (Å²) in [5, 5.41) is 8.19. The number of fused-ring (bicyclic) bond motifs is 3. The molecule has 0 saturated heterocycles. The quantitative estimate of drug-likeness (QED) is 0.520. The van der Waals surface area contributed by atoms with Gasteiger partial charge in [-0.25, -0.2) is 5.01 Å². The smallest absolute Gasteiger partial charge is 0.213 e. The van der Waals surface area contributed by atoms with Crippen LogP contribution in [0.15, 0.2) is 64.1 Å². The molecule has 0 unspecified atom stereocenters. The van der Waals surface area contributed by atoms with Crippen LogP contribution >= 0.6 is 23.2 Å². The van der Waals surface area contributed by atoms with Crippen molar-refractivity contribution in [1.82, 2.24) is 5.01 Å². The average Bonchev–Trinajstić information content (AvgIpc) is 3.27. The number of hydrogen-bond donors (Lipinski definition) is 0. The Balaban J connectivity index is 1.62. The molecule has 3 heterocycles. The summed E-state index contributed by atoms with van der Waals surface area (Å²) in [4.78, 5) is 0. The van der Waals surface area contributed by atoms with E-state index < -0.39 is 0 Å². The summed E-state index contributed by atoms with van der Waals surface area (Å²) in [7, 11) is 0. The third-order valence-corrected chi connectivity index (χ3v) is 5.38. The minimum Gasteiger partial charge on any atom is -0.464 e. The Hall–Kier alpha value is -2.43. The van der Waals surface area contributed by atoms with Gasteiger partial charge in [-0.05, 0) is 49.4 Å². The highest BCUT2D eigenvalue weighted by Gasteiger charge is 2.41. The number of aryl methyl sites for hydroxylation is 1. The van der Waals surface area contributed by atoms with Crippen molar-refractivity contribution in [2.75, 3.05) is 0 Å². The van der Waals surface area contributed by atoms with Crippen molar-refractivity contribution in [3.8, 4) is 5.75 Å². The molecule has 0 spiro atoms. The maximum Gasteiger partial charge on any atom is 0.213 e. The Morgan fingerprint density at radius 3 is 2.67 bits per heavy atom. The maximum absolute atomic E-state index is 6.30. The van der Waals surface area contributed by atoms with Gasteiger partial charge in [-0.2, -0.15) is 5.10 Å². The first kappa shape index (κ1) is 16.7. The highest BCUT2D eigenvalue weighted by atomic mass is 35.5. The van der Waals surface area contributed by atoms with Gasteiger partial charge in [0.15, 0.2) is 0 Å². The van der Waals surface area contributed by atoms with Crippen molar-refractivity contribution in [3.05, 3.63) is 87.3 Å². The minimum atomic E-state index is -0.365. The van der Waals surface area contributed by atoms with Gasteiger partial charge in [0.1, 0.15) is 23.0 Å². The monoisotopic (exact) mass is 398 g/mol. The molecule has 136 valence electrons. The van der Waals surface area contributed by atoms with Gasteiger partial charge in [0.25, 0.3) is 0 Å². The second-order valence-electron chi connectivity index (χ2n) is 6.76. The van der Waals surface area contributed by atoms with E-state index >= 15 is 0 Å². The summed E-state index contributed by atoms with van der Waals surface area (Å²) in [5.74, 6) is 2.47. The summed E-state index contributed by atoms with van der Waals surface area (Å²) >= 11 is 12.5. The van der Waals surface area contributed by atoms with E-state index in [9.17, 15) is 0 Å². The molecule has 3 aromatic rings. The molecule has 2 aliphatic rings. The summed E-state index contributed by atoms with van der Waals surface area (Å²) in [6, 6.07) is 17.3. The first-order valence-electron chi connectivity index (χ1n) is 8.73. The van der Waals surface area contributed by atoms with Crippen LogP contribution in [0.4, 0.5) is 0 Å². The number of hydrogen-bond acceptors (Lipinski definition) is 4. The molecule has 2 aromatic carbocycles. The van der Waals surface area contributed by atoms with Crippen molar-refractivity contribution in [2.45, 2.75) is 25.6 Å². The molecule has 0 radical (unpaired) electrons. The third-order valence-electron chi connectivity index (χ3n) is 4.91. The van der Waals surface area contributed by atoms with Gasteiger partial charge in [0, 0.05) is 27.6 Å². The molecule has 0 N–H and O–H groups in total. The van der Waals surface area contributed by atoms with Crippen molar-refractivity contribution in [2.24, 2.45) is 5.10 Å². The summed E-state index contributed by atoms with van der Waals surface area (Å²) in [6.45, 7) is 1.93. The molecule has 6 heteroatoms. The molecule has 1 aromatic heterocycles. The predicted molar refractivity (Wildman–Crippen MR) is 105 cm³/mol. The number of rotatable bonds is 2. The molecule has 2 aliphatic heterocycles. The normalized spacial score (nSPS) is 20.7. The van der Waals surface area contributed by atoms with E-state index in [0.717, 1.165) is 40.5 Å². The van der Waals surface area contributed by atoms with Crippen LogP contribution in [0.1, 0.15) is 41.3 Å². The maximum atomic E-state index is 6.30. The van der Waals surface area contributed by atoms with Crippen LogP contribution in [0, 0.1) is 6.92 Å². The SMILES string of the molecule is Cc1ccc(C2=NN3[C@@H](c4cccc(Cl)c4)Oc4ccc(Cl)cc4[C@@H]3C2)o1. The number of benzene rings is 2. The highest BCUT2D eigenvalue weighted by molar-refractivity contribution is 6.31. The molecular weight excluding hydrogens is 383 g/mol. The van der Waals surface area contributed by atoms with Gasteiger partial charge >= 0.3 is 0 Å². The van der Waals surface area contributed by atoms with Gasteiger partial charge in [0.05, 0.1) is 6.04 Å². The van der Waals surface area contributed by atoms with Crippen LogP contribution in [0.5, 0.6) is 5.75 Å². The zero-order valence-corrected chi connectivity index (χ0v) is 16.0. The third kappa shape index (κ3) is 2.89. The van der Waals surface area contributed by atoms with Crippen LogP contribution in [0.2, 0.25) is 10.0 Å². The second-order valence-corrected chi connectivity index (χ2v) is 7.64. The van der Waals surface area contributed by atoms with Crippen LogP contribution in [-0.2, 0) is 0 Å². The molecule has 27 heavy (non-hydrogen) atoms. The Morgan fingerprint density at radius 1 is 1.04 bits per heavy atom. The molecule has 0 saturated carbocycles. The Morgan fingerprint density at radius 2 is 1.89 bits per heavy atom. The molecule has 2 atom stereocenters. The fraction of sp³-hybridized carbons (Fsp3) is 0.190. The molecule has 0 aliphatic carbocycles. The van der Waals surface area contributed by atoms with Gasteiger partial charge in [-0.15, -0.1) is 0 Å². The van der Waals surface area contributed by atoms with Crippen LogP contribution in [-0.4, -0.2) is 10.7 Å². The molecule has 4 nitrogen and oxygen atoms in total. The van der Waals surface area contributed by atoms with E-state index in [4.69, 9.17) is 37.5 Å². The fourth-order valence-electron chi connectivity index (χ4n) is 3.68. The lowest BCUT2D eigenvalue weighted by molar-refractivity contribution is -0.0190. The van der Waals surface area contributed by atoms with E-state index in [1.807, 2.05) is 66.5 Å². The first-order chi connectivity index (χ1) is 13.1. The summed E-state index contributed by atoms with van der Waals surface area (Å²) in [6.07, 6.45) is 0.358. The van der Waals surface area contributed by atoms with Gasteiger partial charge in [-0.1, -0.05) is 35.3 Å². The standard InChI is InChI=1S/C21H16Cl2N2O2/c1-12-5-7-20(26-12)17-11-18-16-10-15(23)6-8-19(16)27-21(25(18)24-17)13-3-2-4-14(22)9-13/h2-10,18,21H,11H2,1H3/t18-,21+/m0/s1. The van der Waals surface area contributed by atoms with Gasteiger partial charge in [-0.3, -0.25) is 0 Å². The minimum absolute atomic E-state index is 0.0248. The van der Waals surface area contributed by atoms with Crippen LogP contribution in [0.3, 0.4) is 0 Å². The van der Waals surface area contributed by atoms with E-state index in [-0.39, 0.29) is 12.3 Å². The Labute approximate surface area is 166 Å². The molecule has 0 bridgehead atoms. The van der Waals surface area contributed by atoms with Crippen molar-refractivity contribution in [1.29, 1.82) is 0 Å². The van der Waals surface area contributed by atoms with E-state index in [0.29, 0.717) is 10.0 Å². The number of hydrazone groups is 1. The lowest BCUT2D eigenvalue weighted by Crippen LogP contribution is -2.33. The van der Waals surface area contributed by atoms with Crippen molar-refractivity contribution in [3.63, 3.8) is 0 Å². The largest absolute Gasteiger partial charge is 0.464 e. The van der Waals surface area contributed by atoms with E-state index in [2.05, 4.69) is 0 Å². The van der Waals surface area contributed by atoms with E-state index in [1.165, 1.54) is 0 Å². The van der Waals surface area contributed by atoms with Crippen molar-refractivity contribution < 1.29 is 9.15 Å². The second kappa shape index (κ2) is 6.32. The topological polar surface area (TPSA) is 38.0 Å². The number of nitrogens with zero attached hydrogens (tertiary/aromatic N) is 2. The first-order valence-corrected chi connectivity index (χ1v) is 9.48. The predicted octanol–water partition coefficient (Wildman–Crippen LogP) is 6.14. The highest BCUT2D eigenvalue weighted by Crippen LogP contribution is 2.48. The summed E-state index contributed by atoms with van der Waals surface area (Å²) in [5.41, 5.74) is 2.88. The summed E-state index contributed by atoms with van der Waals surface area (Å²) < 4.78 is 12.1. The number of halogens is 2. The zero-order chi connectivity index (χ0) is 18.5. The average molecular weight is 399 g/mol. The van der Waals surface area contributed by atoms with Crippen molar-refractivity contribution >= 4 is 28.9 Å². The molecule has 5 rings (SSSR count). The Kier molecular flexibility index (Phi) is 3.92. The lowest BCUT2D eigenvalue weighted by atomic mass is 9.97. The number of furan rings is 1. The van der Waals surface area contributed by atoms with Gasteiger partial charge in [0.2, 0.25) is 6.23 Å². The molecule has 0 amide bonds. The number of ether oxygens (including phenoxy) is 1. The van der Waals surface area contributed by atoms with Gasteiger partial charge < -0.3 is 9.15 Å². The fourth-order valence-corrected chi connectivity index (χ4v) is 4.06. The zero-order valence-electron chi connectivity index (χ0n) is 14.5. The Bertz CT molecular complexity index is 1060. The van der Waals surface area contributed by atoms with E-state index in [1.54, 1.807) is 0 Å².